The minimum Gasteiger partial charge on any atom is -0.490 e. The number of amides is 1. The zero-order valence-corrected chi connectivity index (χ0v) is 18.4. The fourth-order valence-corrected chi connectivity index (χ4v) is 4.97. The quantitative estimate of drug-likeness (QED) is 0.716. The minimum absolute atomic E-state index is 0.0192. The summed E-state index contributed by atoms with van der Waals surface area (Å²) in [5.74, 6) is 0.614. The summed E-state index contributed by atoms with van der Waals surface area (Å²) < 4.78 is 38.9. The number of rotatable bonds is 5. The van der Waals surface area contributed by atoms with E-state index >= 15 is 0 Å². The smallest absolute Gasteiger partial charge is 0.281 e. The number of morpholine rings is 1. The molecular formula is C20H31N3O5S. The molecule has 2 saturated heterocycles. The molecule has 2 aliphatic heterocycles. The van der Waals surface area contributed by atoms with E-state index in [2.05, 4.69) is 0 Å². The minimum atomic E-state index is -3.39. The summed E-state index contributed by atoms with van der Waals surface area (Å²) in [4.78, 5) is 14.7. The summed E-state index contributed by atoms with van der Waals surface area (Å²) in [6.45, 7) is 5.94. The number of carbonyl (C=O) groups excluding carboxylic acids is 1. The number of hydrogen-bond acceptors (Lipinski definition) is 5. The highest BCUT2D eigenvalue weighted by molar-refractivity contribution is 7.86. The van der Waals surface area contributed by atoms with Gasteiger partial charge < -0.3 is 14.4 Å². The number of carbonyl (C=O) groups is 1. The van der Waals surface area contributed by atoms with Crippen LogP contribution in [0.4, 0.5) is 0 Å². The van der Waals surface area contributed by atoms with Gasteiger partial charge in [0.1, 0.15) is 11.9 Å². The molecule has 8 nitrogen and oxygen atoms in total. The van der Waals surface area contributed by atoms with Crippen molar-refractivity contribution in [3.05, 3.63) is 29.8 Å². The van der Waals surface area contributed by atoms with Crippen LogP contribution in [0.3, 0.4) is 0 Å². The van der Waals surface area contributed by atoms with Gasteiger partial charge in [-0.15, -0.1) is 0 Å². The Bertz CT molecular complexity index is 811. The van der Waals surface area contributed by atoms with E-state index in [9.17, 15) is 13.2 Å². The molecule has 0 saturated carbocycles. The largest absolute Gasteiger partial charge is 0.490 e. The van der Waals surface area contributed by atoms with E-state index in [1.807, 2.05) is 30.9 Å². The number of hydrogen-bond donors (Lipinski definition) is 0. The fraction of sp³-hybridized carbons (Fsp3) is 0.650. The molecule has 0 spiro atoms. The maximum absolute atomic E-state index is 12.9. The predicted molar refractivity (Wildman–Crippen MR) is 110 cm³/mol. The highest BCUT2D eigenvalue weighted by atomic mass is 32.2. The first kappa shape index (κ1) is 22.0. The van der Waals surface area contributed by atoms with Gasteiger partial charge in [0.05, 0.1) is 12.2 Å². The summed E-state index contributed by atoms with van der Waals surface area (Å²) in [5.41, 5.74) is 0.594. The van der Waals surface area contributed by atoms with Crippen LogP contribution in [-0.4, -0.2) is 86.4 Å². The average Bonchev–Trinajstić information content (AvgIpc) is 2.67. The normalized spacial score (nSPS) is 24.7. The number of benzene rings is 1. The van der Waals surface area contributed by atoms with Crippen LogP contribution in [-0.2, 0) is 14.9 Å². The van der Waals surface area contributed by atoms with E-state index in [0.29, 0.717) is 50.3 Å². The third-order valence-corrected chi connectivity index (χ3v) is 7.22. The first-order valence-corrected chi connectivity index (χ1v) is 11.5. The van der Waals surface area contributed by atoms with Crippen LogP contribution in [0.25, 0.3) is 0 Å². The van der Waals surface area contributed by atoms with E-state index in [0.717, 1.165) is 0 Å². The molecule has 1 aromatic rings. The summed E-state index contributed by atoms with van der Waals surface area (Å²) in [5, 5.41) is 0. The van der Waals surface area contributed by atoms with E-state index in [-0.39, 0.29) is 24.2 Å². The topological polar surface area (TPSA) is 79.4 Å². The summed E-state index contributed by atoms with van der Waals surface area (Å²) >= 11 is 0. The molecule has 2 heterocycles. The molecule has 0 N–H and O–H groups in total. The number of piperidine rings is 1. The Labute approximate surface area is 173 Å². The molecule has 0 unspecified atom stereocenters. The molecule has 0 aromatic heterocycles. The lowest BCUT2D eigenvalue weighted by atomic mass is 10.1. The van der Waals surface area contributed by atoms with E-state index in [4.69, 9.17) is 9.47 Å². The van der Waals surface area contributed by atoms with Gasteiger partial charge in [-0.05, 0) is 44.9 Å². The second-order valence-corrected chi connectivity index (χ2v) is 10.1. The van der Waals surface area contributed by atoms with Crippen molar-refractivity contribution >= 4 is 16.1 Å². The van der Waals surface area contributed by atoms with Crippen LogP contribution in [0.15, 0.2) is 24.3 Å². The lowest BCUT2D eigenvalue weighted by Crippen LogP contribution is -2.48. The van der Waals surface area contributed by atoms with E-state index in [1.54, 1.807) is 12.1 Å². The third kappa shape index (κ3) is 5.28. The number of nitrogens with zero attached hydrogens (tertiary/aromatic N) is 3. The van der Waals surface area contributed by atoms with Gasteiger partial charge >= 0.3 is 0 Å². The van der Waals surface area contributed by atoms with Gasteiger partial charge in [-0.3, -0.25) is 4.79 Å². The molecule has 0 bridgehead atoms. The summed E-state index contributed by atoms with van der Waals surface area (Å²) in [7, 11) is -0.309. The van der Waals surface area contributed by atoms with Crippen LogP contribution >= 0.6 is 0 Å². The van der Waals surface area contributed by atoms with Crippen molar-refractivity contribution in [3.8, 4) is 5.75 Å². The van der Waals surface area contributed by atoms with Crippen LogP contribution in [0.5, 0.6) is 5.75 Å². The molecule has 3 rings (SSSR count). The molecule has 2 aliphatic rings. The molecule has 2 atom stereocenters. The first-order chi connectivity index (χ1) is 13.7. The van der Waals surface area contributed by atoms with Crippen molar-refractivity contribution in [1.82, 2.24) is 13.5 Å². The van der Waals surface area contributed by atoms with Crippen molar-refractivity contribution < 1.29 is 22.7 Å². The Kier molecular flexibility index (Phi) is 6.83. The van der Waals surface area contributed by atoms with Crippen LogP contribution < -0.4 is 4.74 Å². The van der Waals surface area contributed by atoms with Gasteiger partial charge in [-0.1, -0.05) is 6.07 Å². The van der Waals surface area contributed by atoms with E-state index < -0.39 is 10.2 Å². The standard InChI is InChI=1S/C20H31N3O5S/c1-15-13-22(14-16(2)27-15)20(24)17-6-5-7-19(12-17)28-18-8-10-23(11-9-18)29(25,26)21(3)4/h5-7,12,15-16,18H,8-11,13-14H2,1-4H3/t15-,16+. The second-order valence-electron chi connectivity index (χ2n) is 8.00. The van der Waals surface area contributed by atoms with Gasteiger partial charge in [0.15, 0.2) is 0 Å². The molecule has 0 radical (unpaired) electrons. The van der Waals surface area contributed by atoms with Gasteiger partial charge in [-0.25, -0.2) is 0 Å². The monoisotopic (exact) mass is 425 g/mol. The Balaban J connectivity index is 1.60. The Morgan fingerprint density at radius 1 is 1.14 bits per heavy atom. The van der Waals surface area contributed by atoms with Crippen molar-refractivity contribution in [2.75, 3.05) is 40.3 Å². The van der Waals surface area contributed by atoms with Gasteiger partial charge in [0.2, 0.25) is 0 Å². The first-order valence-electron chi connectivity index (χ1n) is 10.1. The van der Waals surface area contributed by atoms with E-state index in [1.165, 1.54) is 22.7 Å². The SMILES string of the molecule is C[C@@H]1CN(C(=O)c2cccc(OC3CCN(S(=O)(=O)N(C)C)CC3)c2)C[C@H](C)O1. The fourth-order valence-electron chi connectivity index (χ4n) is 3.83. The molecule has 162 valence electrons. The van der Waals surface area contributed by atoms with Gasteiger partial charge in [-0.2, -0.15) is 17.0 Å². The molecule has 29 heavy (non-hydrogen) atoms. The maximum Gasteiger partial charge on any atom is 0.281 e. The molecular weight excluding hydrogens is 394 g/mol. The Hall–Kier alpha value is -1.68. The zero-order valence-electron chi connectivity index (χ0n) is 17.6. The van der Waals surface area contributed by atoms with Crippen LogP contribution in [0, 0.1) is 0 Å². The summed E-state index contributed by atoms with van der Waals surface area (Å²) in [6.07, 6.45) is 1.20. The van der Waals surface area contributed by atoms with Crippen molar-refractivity contribution in [2.24, 2.45) is 0 Å². The average molecular weight is 426 g/mol. The van der Waals surface area contributed by atoms with Crippen molar-refractivity contribution in [3.63, 3.8) is 0 Å². The zero-order chi connectivity index (χ0) is 21.2. The molecule has 0 aliphatic carbocycles. The van der Waals surface area contributed by atoms with Crippen molar-refractivity contribution in [1.29, 1.82) is 0 Å². The van der Waals surface area contributed by atoms with Gasteiger partial charge in [0, 0.05) is 45.8 Å². The molecule has 1 aromatic carbocycles. The lowest BCUT2D eigenvalue weighted by Gasteiger charge is -2.35. The van der Waals surface area contributed by atoms with Crippen LogP contribution in [0.1, 0.15) is 37.0 Å². The molecule has 2 fully saturated rings. The highest BCUT2D eigenvalue weighted by Gasteiger charge is 2.31. The summed E-state index contributed by atoms with van der Waals surface area (Å²) in [6, 6.07) is 7.23. The second kappa shape index (κ2) is 8.99. The third-order valence-electron chi connectivity index (χ3n) is 5.28. The Morgan fingerprint density at radius 3 is 2.34 bits per heavy atom. The Morgan fingerprint density at radius 2 is 1.76 bits per heavy atom. The van der Waals surface area contributed by atoms with Gasteiger partial charge in [0.25, 0.3) is 16.1 Å². The number of ether oxygens (including phenoxy) is 2. The van der Waals surface area contributed by atoms with Crippen molar-refractivity contribution in [2.45, 2.75) is 45.0 Å². The predicted octanol–water partition coefficient (Wildman–Crippen LogP) is 1.59. The lowest BCUT2D eigenvalue weighted by molar-refractivity contribution is -0.0586. The highest BCUT2D eigenvalue weighted by Crippen LogP contribution is 2.23. The van der Waals surface area contributed by atoms with Crippen LogP contribution in [0.2, 0.25) is 0 Å². The molecule has 1 amide bonds. The molecule has 9 heteroatoms. The maximum atomic E-state index is 12.9.